The third-order valence-corrected chi connectivity index (χ3v) is 3.34. The van der Waals surface area contributed by atoms with E-state index in [2.05, 4.69) is 13.8 Å². The zero-order chi connectivity index (χ0) is 16.6. The summed E-state index contributed by atoms with van der Waals surface area (Å²) in [6, 6.07) is 0. The first-order chi connectivity index (χ1) is 10.6. The lowest BCUT2D eigenvalue weighted by atomic mass is 10.1. The molecule has 0 aliphatic rings. The van der Waals surface area contributed by atoms with Gasteiger partial charge in [0.1, 0.15) is 19.3 Å². The van der Waals surface area contributed by atoms with E-state index in [4.69, 9.17) is 9.47 Å². The van der Waals surface area contributed by atoms with E-state index >= 15 is 0 Å². The fraction of sp³-hybridized carbons (Fsp3) is 0.882. The molecule has 0 aliphatic carbocycles. The fourth-order valence-corrected chi connectivity index (χ4v) is 1.96. The van der Waals surface area contributed by atoms with E-state index in [1.165, 1.54) is 0 Å². The van der Waals surface area contributed by atoms with Crippen molar-refractivity contribution in [3.63, 3.8) is 0 Å². The molecule has 0 aromatic carbocycles. The molecular formula is C17H32O5. The predicted octanol–water partition coefficient (Wildman–Crippen LogP) is 3.37. The highest BCUT2D eigenvalue weighted by Crippen LogP contribution is 2.05. The molecule has 0 amide bonds. The number of esters is 2. The number of rotatable bonds is 14. The number of aliphatic hydroxyl groups is 1. The van der Waals surface area contributed by atoms with Crippen LogP contribution in [0.2, 0.25) is 0 Å². The van der Waals surface area contributed by atoms with Crippen molar-refractivity contribution in [2.75, 3.05) is 13.2 Å². The summed E-state index contributed by atoms with van der Waals surface area (Å²) in [6.45, 7) is 3.99. The van der Waals surface area contributed by atoms with Crippen molar-refractivity contribution >= 4 is 11.9 Å². The fourth-order valence-electron chi connectivity index (χ4n) is 1.96. The van der Waals surface area contributed by atoms with Crippen LogP contribution in [0.3, 0.4) is 0 Å². The van der Waals surface area contributed by atoms with Crippen LogP contribution in [0, 0.1) is 0 Å². The lowest BCUT2D eigenvalue weighted by Crippen LogP contribution is -2.25. The van der Waals surface area contributed by atoms with Gasteiger partial charge in [-0.25, -0.2) is 0 Å². The minimum Gasteiger partial charge on any atom is -0.463 e. The topological polar surface area (TPSA) is 72.8 Å². The molecule has 5 heteroatoms. The molecule has 0 atom stereocenters. The number of unbranched alkanes of at least 4 members (excludes halogenated alkanes) is 6. The van der Waals surface area contributed by atoms with Gasteiger partial charge in [-0.2, -0.15) is 0 Å². The van der Waals surface area contributed by atoms with Crippen molar-refractivity contribution in [2.45, 2.75) is 84.2 Å². The summed E-state index contributed by atoms with van der Waals surface area (Å²) >= 11 is 0. The van der Waals surface area contributed by atoms with Gasteiger partial charge in [0.05, 0.1) is 0 Å². The summed E-state index contributed by atoms with van der Waals surface area (Å²) in [5, 5.41) is 9.61. The summed E-state index contributed by atoms with van der Waals surface area (Å²) < 4.78 is 9.90. The quantitative estimate of drug-likeness (QED) is 0.393. The SMILES string of the molecule is CCCCCCC(=O)OCC(O)COC(=O)CCCCCC. The van der Waals surface area contributed by atoms with E-state index in [-0.39, 0.29) is 25.2 Å². The summed E-state index contributed by atoms with van der Waals surface area (Å²) in [5.41, 5.74) is 0. The van der Waals surface area contributed by atoms with Gasteiger partial charge in [0.2, 0.25) is 0 Å². The Morgan fingerprint density at radius 3 is 1.55 bits per heavy atom. The molecule has 22 heavy (non-hydrogen) atoms. The maximum absolute atomic E-state index is 11.4. The summed E-state index contributed by atoms with van der Waals surface area (Å²) in [7, 11) is 0. The van der Waals surface area contributed by atoms with Crippen molar-refractivity contribution in [1.82, 2.24) is 0 Å². The summed E-state index contributed by atoms with van der Waals surface area (Å²) in [6.07, 6.45) is 7.95. The van der Waals surface area contributed by atoms with Gasteiger partial charge in [0, 0.05) is 12.8 Å². The lowest BCUT2D eigenvalue weighted by molar-refractivity contribution is -0.152. The molecule has 0 heterocycles. The molecule has 0 spiro atoms. The Balaban J connectivity index is 3.53. The molecule has 0 saturated carbocycles. The Hall–Kier alpha value is -1.10. The molecule has 130 valence electrons. The maximum atomic E-state index is 11.4. The molecule has 0 aromatic rings. The first-order valence-corrected chi connectivity index (χ1v) is 8.59. The average molecular weight is 316 g/mol. The average Bonchev–Trinajstić information content (AvgIpc) is 2.51. The van der Waals surface area contributed by atoms with Crippen LogP contribution in [0.1, 0.15) is 78.1 Å². The van der Waals surface area contributed by atoms with Crippen LogP contribution in [-0.2, 0) is 19.1 Å². The Bertz CT molecular complexity index is 263. The van der Waals surface area contributed by atoms with Crippen LogP contribution in [0.15, 0.2) is 0 Å². The number of carbonyl (C=O) groups is 2. The van der Waals surface area contributed by atoms with Gasteiger partial charge in [-0.15, -0.1) is 0 Å². The van der Waals surface area contributed by atoms with Crippen LogP contribution >= 0.6 is 0 Å². The van der Waals surface area contributed by atoms with Gasteiger partial charge in [0.15, 0.2) is 0 Å². The van der Waals surface area contributed by atoms with Gasteiger partial charge < -0.3 is 14.6 Å². The minimum absolute atomic E-state index is 0.115. The smallest absolute Gasteiger partial charge is 0.305 e. The van der Waals surface area contributed by atoms with Crippen molar-refractivity contribution in [2.24, 2.45) is 0 Å². The highest BCUT2D eigenvalue weighted by molar-refractivity contribution is 5.69. The number of ether oxygens (including phenoxy) is 2. The number of hydrogen-bond donors (Lipinski definition) is 1. The number of aliphatic hydroxyl groups excluding tert-OH is 1. The molecule has 0 unspecified atom stereocenters. The largest absolute Gasteiger partial charge is 0.463 e. The standard InChI is InChI=1S/C17H32O5/c1-3-5-7-9-11-16(19)21-13-15(18)14-22-17(20)12-10-8-6-4-2/h15,18H,3-14H2,1-2H3. The van der Waals surface area contributed by atoms with E-state index < -0.39 is 6.10 Å². The third-order valence-electron chi connectivity index (χ3n) is 3.34. The lowest BCUT2D eigenvalue weighted by Gasteiger charge is -2.12. The van der Waals surface area contributed by atoms with Gasteiger partial charge in [-0.1, -0.05) is 52.4 Å². The van der Waals surface area contributed by atoms with E-state index in [1.807, 2.05) is 0 Å². The molecule has 0 fully saturated rings. The molecule has 5 nitrogen and oxygen atoms in total. The van der Waals surface area contributed by atoms with Crippen LogP contribution in [-0.4, -0.2) is 36.4 Å². The number of hydrogen-bond acceptors (Lipinski definition) is 5. The van der Waals surface area contributed by atoms with Gasteiger partial charge in [0.25, 0.3) is 0 Å². The van der Waals surface area contributed by atoms with Crippen molar-refractivity contribution < 1.29 is 24.2 Å². The highest BCUT2D eigenvalue weighted by atomic mass is 16.6. The normalized spacial score (nSPS) is 10.7. The van der Waals surface area contributed by atoms with E-state index in [1.54, 1.807) is 0 Å². The van der Waals surface area contributed by atoms with Crippen molar-refractivity contribution in [1.29, 1.82) is 0 Å². The Morgan fingerprint density at radius 1 is 0.773 bits per heavy atom. The maximum Gasteiger partial charge on any atom is 0.305 e. The molecule has 0 bridgehead atoms. The first kappa shape index (κ1) is 20.9. The first-order valence-electron chi connectivity index (χ1n) is 8.59. The van der Waals surface area contributed by atoms with E-state index in [9.17, 15) is 14.7 Å². The van der Waals surface area contributed by atoms with Crippen molar-refractivity contribution in [3.8, 4) is 0 Å². The zero-order valence-electron chi connectivity index (χ0n) is 14.1. The highest BCUT2D eigenvalue weighted by Gasteiger charge is 2.11. The third kappa shape index (κ3) is 13.9. The Morgan fingerprint density at radius 2 is 1.18 bits per heavy atom. The molecular weight excluding hydrogens is 284 g/mol. The molecule has 0 radical (unpaired) electrons. The Labute approximate surface area is 134 Å². The van der Waals surface area contributed by atoms with Crippen LogP contribution in [0.25, 0.3) is 0 Å². The molecule has 0 saturated heterocycles. The van der Waals surface area contributed by atoms with E-state index in [0.29, 0.717) is 12.8 Å². The number of carbonyl (C=O) groups excluding carboxylic acids is 2. The monoisotopic (exact) mass is 316 g/mol. The van der Waals surface area contributed by atoms with E-state index in [0.717, 1.165) is 51.4 Å². The van der Waals surface area contributed by atoms with Crippen LogP contribution < -0.4 is 0 Å². The van der Waals surface area contributed by atoms with Gasteiger partial charge in [-0.3, -0.25) is 9.59 Å². The summed E-state index contributed by atoms with van der Waals surface area (Å²) in [4.78, 5) is 22.8. The second-order valence-electron chi connectivity index (χ2n) is 5.64. The molecule has 0 rings (SSSR count). The second-order valence-corrected chi connectivity index (χ2v) is 5.64. The Kier molecular flexibility index (Phi) is 14.1. The predicted molar refractivity (Wildman–Crippen MR) is 85.4 cm³/mol. The summed E-state index contributed by atoms with van der Waals surface area (Å²) in [5.74, 6) is -0.609. The zero-order valence-corrected chi connectivity index (χ0v) is 14.1. The van der Waals surface area contributed by atoms with Gasteiger partial charge in [-0.05, 0) is 12.8 Å². The molecule has 0 aliphatic heterocycles. The van der Waals surface area contributed by atoms with Crippen LogP contribution in [0.5, 0.6) is 0 Å². The molecule has 0 aromatic heterocycles. The van der Waals surface area contributed by atoms with Crippen molar-refractivity contribution in [3.05, 3.63) is 0 Å². The minimum atomic E-state index is -0.945. The second kappa shape index (κ2) is 14.8. The van der Waals surface area contributed by atoms with Gasteiger partial charge >= 0.3 is 11.9 Å². The molecule has 1 N–H and O–H groups in total. The van der Waals surface area contributed by atoms with Crippen LogP contribution in [0.4, 0.5) is 0 Å².